The summed E-state index contributed by atoms with van der Waals surface area (Å²) in [5.41, 5.74) is 22.7. The van der Waals surface area contributed by atoms with Gasteiger partial charge >= 0.3 is 0 Å². The summed E-state index contributed by atoms with van der Waals surface area (Å²) in [6.45, 7) is 22.8. The molecule has 0 radical (unpaired) electrons. The molecule has 0 spiro atoms. The maximum absolute atomic E-state index is 10.8. The third-order valence-corrected chi connectivity index (χ3v) is 7.32. The van der Waals surface area contributed by atoms with Gasteiger partial charge in [0.2, 0.25) is 0 Å². The van der Waals surface area contributed by atoms with E-state index in [9.17, 15) is 20.4 Å². The van der Waals surface area contributed by atoms with Gasteiger partial charge in [0.15, 0.2) is 0 Å². The molecule has 0 aliphatic rings. The van der Waals surface area contributed by atoms with E-state index in [1.54, 1.807) is 0 Å². The Hall–Kier alpha value is -0.400. The van der Waals surface area contributed by atoms with Gasteiger partial charge in [-0.25, -0.2) is 0 Å². The summed E-state index contributed by atoms with van der Waals surface area (Å²) < 4.78 is 0. The molecule has 0 rings (SSSR count). The Labute approximate surface area is 258 Å². The number of hydrogen-bond donors (Lipinski definition) is 8. The van der Waals surface area contributed by atoms with Crippen LogP contribution in [-0.2, 0) is 0 Å². The van der Waals surface area contributed by atoms with Gasteiger partial charge in [-0.15, -0.1) is 0 Å². The molecule has 0 fully saturated rings. The molecule has 254 valence electrons. The molecule has 42 heavy (non-hydrogen) atoms. The number of aliphatic hydroxyl groups excluding tert-OH is 4. The molecule has 0 saturated heterocycles. The average Bonchev–Trinajstić information content (AvgIpc) is 2.66. The van der Waals surface area contributed by atoms with Crippen LogP contribution in [0.25, 0.3) is 0 Å². The van der Waals surface area contributed by atoms with Gasteiger partial charge in [-0.05, 0) is 99.3 Å². The van der Waals surface area contributed by atoms with Crippen LogP contribution in [0.1, 0.15) is 108 Å². The van der Waals surface area contributed by atoms with Gasteiger partial charge in [0.1, 0.15) is 0 Å². The van der Waals surface area contributed by atoms with Gasteiger partial charge in [0.05, 0.1) is 24.4 Å². The summed E-state index contributed by atoms with van der Waals surface area (Å²) in [6.07, 6.45) is 1.33. The Balaban J connectivity index is 5.57. The molecule has 0 aromatic heterocycles. The lowest BCUT2D eigenvalue weighted by Gasteiger charge is -2.35. The number of nitrogens with two attached hydrogens (primary N) is 4. The largest absolute Gasteiger partial charge is 0.392 e. The van der Waals surface area contributed by atoms with Crippen LogP contribution in [-0.4, -0.2) is 116 Å². The zero-order valence-electron chi connectivity index (χ0n) is 28.9. The lowest BCUT2D eigenvalue weighted by molar-refractivity contribution is 0.0338. The number of aliphatic hydroxyl groups is 4. The third-order valence-electron chi connectivity index (χ3n) is 7.32. The highest BCUT2D eigenvalue weighted by Crippen LogP contribution is 2.22. The second kappa shape index (κ2) is 17.9. The first kappa shape index (κ1) is 41.6. The lowest BCUT2D eigenvalue weighted by Crippen LogP contribution is -2.47. The van der Waals surface area contributed by atoms with Gasteiger partial charge in [0.25, 0.3) is 0 Å². The molecule has 6 unspecified atom stereocenters. The van der Waals surface area contributed by atoms with E-state index in [1.165, 1.54) is 0 Å². The maximum atomic E-state index is 10.8. The zero-order chi connectivity index (χ0) is 33.1. The predicted octanol–water partition coefficient (Wildman–Crippen LogP) is 1.60. The minimum Gasteiger partial charge on any atom is -0.392 e. The molecule has 12 N–H and O–H groups in total. The van der Waals surface area contributed by atoms with Crippen LogP contribution >= 0.6 is 0 Å². The lowest BCUT2D eigenvalue weighted by atomic mass is 9.91. The van der Waals surface area contributed by atoms with Crippen molar-refractivity contribution in [2.75, 3.05) is 39.3 Å². The van der Waals surface area contributed by atoms with Crippen molar-refractivity contribution in [2.45, 2.75) is 154 Å². The Morgan fingerprint density at radius 1 is 0.500 bits per heavy atom. The highest BCUT2D eigenvalue weighted by atomic mass is 16.3. The molecule has 10 nitrogen and oxygen atoms in total. The zero-order valence-corrected chi connectivity index (χ0v) is 28.9. The minimum absolute atomic E-state index is 0.286. The smallest absolute Gasteiger partial charge is 0.0684 e. The topological polar surface area (TPSA) is 191 Å². The van der Waals surface area contributed by atoms with Gasteiger partial charge in [-0.3, -0.25) is 9.80 Å². The molecule has 0 heterocycles. The first-order chi connectivity index (χ1) is 18.8. The molecule has 0 aliphatic carbocycles. The molecule has 0 aromatic carbocycles. The quantitative estimate of drug-likeness (QED) is 0.0849. The monoisotopic (exact) mass is 605 g/mol. The van der Waals surface area contributed by atoms with Crippen LogP contribution in [0.3, 0.4) is 0 Å². The van der Waals surface area contributed by atoms with E-state index in [-0.39, 0.29) is 5.92 Å². The van der Waals surface area contributed by atoms with Crippen molar-refractivity contribution in [1.29, 1.82) is 0 Å². The summed E-state index contributed by atoms with van der Waals surface area (Å²) in [5.74, 6) is 0.618. The third kappa shape index (κ3) is 24.0. The Morgan fingerprint density at radius 3 is 1.00 bits per heavy atom. The van der Waals surface area contributed by atoms with Crippen molar-refractivity contribution < 1.29 is 20.4 Å². The first-order valence-corrected chi connectivity index (χ1v) is 16.1. The summed E-state index contributed by atoms with van der Waals surface area (Å²) in [6, 6.07) is 0. The van der Waals surface area contributed by atoms with Crippen molar-refractivity contribution in [1.82, 2.24) is 9.80 Å². The van der Waals surface area contributed by atoms with E-state index in [2.05, 4.69) is 23.6 Å². The SMILES string of the molecule is CCC(CC(C)CN(CC(O)CC(C)(C)N)CC(O)CC(C)(C)N)CN(CC(O)CC(C)(C)N)CC(O)CC(C)(C)N. The first-order valence-electron chi connectivity index (χ1n) is 16.1. The van der Waals surface area contributed by atoms with Crippen LogP contribution < -0.4 is 22.9 Å². The molecule has 0 saturated carbocycles. The van der Waals surface area contributed by atoms with E-state index >= 15 is 0 Å². The maximum Gasteiger partial charge on any atom is 0.0684 e. The Morgan fingerprint density at radius 2 is 0.762 bits per heavy atom. The number of rotatable bonds is 23. The molecule has 6 atom stereocenters. The molecular formula is C32H72N6O4. The van der Waals surface area contributed by atoms with Gasteiger partial charge in [-0.2, -0.15) is 0 Å². The van der Waals surface area contributed by atoms with Crippen molar-refractivity contribution in [3.8, 4) is 0 Å². The van der Waals surface area contributed by atoms with Crippen molar-refractivity contribution in [2.24, 2.45) is 34.8 Å². The highest BCUT2D eigenvalue weighted by Gasteiger charge is 2.28. The molecule has 0 aliphatic heterocycles. The summed E-state index contributed by atoms with van der Waals surface area (Å²) in [7, 11) is 0. The molecule has 10 heteroatoms. The molecule has 0 amide bonds. The van der Waals surface area contributed by atoms with Gasteiger partial charge in [-0.1, -0.05) is 20.3 Å². The normalized spacial score (nSPS) is 18.3. The average molecular weight is 605 g/mol. The van der Waals surface area contributed by atoms with Crippen molar-refractivity contribution in [3.05, 3.63) is 0 Å². The fourth-order valence-corrected chi connectivity index (χ4v) is 6.15. The van der Waals surface area contributed by atoms with E-state index in [4.69, 9.17) is 22.9 Å². The van der Waals surface area contributed by atoms with Crippen molar-refractivity contribution >= 4 is 0 Å². The molecule has 0 aromatic rings. The van der Waals surface area contributed by atoms with E-state index in [0.717, 1.165) is 19.4 Å². The van der Waals surface area contributed by atoms with Crippen LogP contribution in [0.5, 0.6) is 0 Å². The number of nitrogens with zero attached hydrogens (tertiary/aromatic N) is 2. The Kier molecular flexibility index (Phi) is 17.8. The van der Waals surface area contributed by atoms with E-state index < -0.39 is 46.6 Å². The van der Waals surface area contributed by atoms with E-state index in [0.29, 0.717) is 64.3 Å². The summed E-state index contributed by atoms with van der Waals surface area (Å²) in [5, 5.41) is 43.2. The number of hydrogen-bond acceptors (Lipinski definition) is 10. The Bertz CT molecular complexity index is 666. The summed E-state index contributed by atoms with van der Waals surface area (Å²) in [4.78, 5) is 4.30. The fourth-order valence-electron chi connectivity index (χ4n) is 6.15. The van der Waals surface area contributed by atoms with Crippen LogP contribution in [0, 0.1) is 11.8 Å². The summed E-state index contributed by atoms with van der Waals surface area (Å²) >= 11 is 0. The van der Waals surface area contributed by atoms with Gasteiger partial charge in [0, 0.05) is 61.4 Å². The van der Waals surface area contributed by atoms with Crippen LogP contribution in [0.4, 0.5) is 0 Å². The van der Waals surface area contributed by atoms with Gasteiger partial charge < -0.3 is 43.4 Å². The second-order valence-electron chi connectivity index (χ2n) is 16.4. The van der Waals surface area contributed by atoms with E-state index in [1.807, 2.05) is 55.4 Å². The molecular weight excluding hydrogens is 532 g/mol. The second-order valence-corrected chi connectivity index (χ2v) is 16.4. The standard InChI is InChI=1S/C32H72N6O4/c1-11-24(18-38(21-27(41)15-31(7,8)35)22-28(42)16-32(9,10)36)12-23(2)17-37(19-25(39)13-29(3,4)33)20-26(40)14-30(5,6)34/h23-28,39-42H,11-22,33-36H2,1-10H3. The van der Waals surface area contributed by atoms with Crippen molar-refractivity contribution in [3.63, 3.8) is 0 Å². The highest BCUT2D eigenvalue weighted by molar-refractivity contribution is 4.85. The predicted molar refractivity (Wildman–Crippen MR) is 176 cm³/mol. The van der Waals surface area contributed by atoms with Crippen LogP contribution in [0.15, 0.2) is 0 Å². The fraction of sp³-hybridized carbons (Fsp3) is 1.00. The van der Waals surface area contributed by atoms with Crippen LogP contribution in [0.2, 0.25) is 0 Å². The minimum atomic E-state index is -0.602. The molecule has 0 bridgehead atoms.